The Kier molecular flexibility index (Phi) is 7.86. The highest BCUT2D eigenvalue weighted by Crippen LogP contribution is 2.34. The van der Waals surface area contributed by atoms with Gasteiger partial charge in [0.2, 0.25) is 0 Å². The zero-order chi connectivity index (χ0) is 28.0. The second-order valence-electron chi connectivity index (χ2n) is 10.4. The number of fused-ring (bicyclic) bond motifs is 2. The predicted molar refractivity (Wildman–Crippen MR) is 176 cm³/mol. The molecule has 3 N–H and O–H groups in total. The molecule has 0 saturated heterocycles. The lowest BCUT2D eigenvalue weighted by Gasteiger charge is -2.25. The van der Waals surface area contributed by atoms with Crippen LogP contribution in [0.3, 0.4) is 0 Å². The third-order valence-electron chi connectivity index (χ3n) is 7.77. The van der Waals surface area contributed by atoms with E-state index in [1.54, 1.807) is 6.08 Å². The molecule has 1 aliphatic carbocycles. The fourth-order valence-corrected chi connectivity index (χ4v) is 5.67. The molecule has 0 fully saturated rings. The largest absolute Gasteiger partial charge is 0.312 e. The maximum Gasteiger partial charge on any atom is 0.0817 e. The van der Waals surface area contributed by atoms with E-state index in [1.165, 1.54) is 49.4 Å². The maximum absolute atomic E-state index is 6.89. The van der Waals surface area contributed by atoms with Gasteiger partial charge in [0, 0.05) is 0 Å². The summed E-state index contributed by atoms with van der Waals surface area (Å²) in [6, 6.07) is 36.8. The number of allylic oxidation sites excluding steroid dienone is 8. The van der Waals surface area contributed by atoms with Crippen LogP contribution in [0, 0.1) is 0 Å². The number of benzene rings is 5. The molecule has 41 heavy (non-hydrogen) atoms. The molecule has 5 aromatic carbocycles. The Morgan fingerprint density at radius 1 is 0.707 bits per heavy atom. The van der Waals surface area contributed by atoms with E-state index in [9.17, 15) is 0 Å². The van der Waals surface area contributed by atoms with Gasteiger partial charge in [-0.1, -0.05) is 146 Å². The van der Waals surface area contributed by atoms with Gasteiger partial charge < -0.3 is 5.73 Å². The van der Waals surface area contributed by atoms with Crippen molar-refractivity contribution >= 4 is 33.2 Å². The van der Waals surface area contributed by atoms with Crippen molar-refractivity contribution in [1.82, 2.24) is 5.32 Å². The summed E-state index contributed by atoms with van der Waals surface area (Å²) in [5.74, 6) is 0. The molecular formula is C39H34N2. The van der Waals surface area contributed by atoms with Crippen LogP contribution in [0.1, 0.15) is 46.4 Å². The molecule has 0 bridgehead atoms. The summed E-state index contributed by atoms with van der Waals surface area (Å²) < 4.78 is 0. The molecule has 0 amide bonds. The maximum atomic E-state index is 6.89. The van der Waals surface area contributed by atoms with E-state index < -0.39 is 0 Å². The van der Waals surface area contributed by atoms with Crippen LogP contribution in [-0.2, 0) is 0 Å². The number of hydrogen-bond donors (Lipinski definition) is 2. The lowest BCUT2D eigenvalue weighted by molar-refractivity contribution is 0.499. The molecule has 0 saturated carbocycles. The molecule has 1 aliphatic rings. The molecule has 0 heterocycles. The van der Waals surface area contributed by atoms with Gasteiger partial charge in [-0.3, -0.25) is 5.32 Å². The Morgan fingerprint density at radius 2 is 1.54 bits per heavy atom. The SMILES string of the molecule is C=C/C=C\C=Cc1cccc2cc(C(N)NC(c3ccccc3)c3ccc4cccc(C5=CC=CC5)c4c3)ccc12. The lowest BCUT2D eigenvalue weighted by Crippen LogP contribution is -2.33. The fourth-order valence-electron chi connectivity index (χ4n) is 5.67. The zero-order valence-corrected chi connectivity index (χ0v) is 23.1. The minimum atomic E-state index is -0.355. The van der Waals surface area contributed by atoms with Crippen LogP contribution in [0.5, 0.6) is 0 Å². The quantitative estimate of drug-likeness (QED) is 0.147. The van der Waals surface area contributed by atoms with Gasteiger partial charge in [0.1, 0.15) is 0 Å². The van der Waals surface area contributed by atoms with E-state index in [1.807, 2.05) is 18.2 Å². The van der Waals surface area contributed by atoms with E-state index in [-0.39, 0.29) is 12.2 Å². The van der Waals surface area contributed by atoms with Crippen LogP contribution in [0.15, 0.2) is 152 Å². The summed E-state index contributed by atoms with van der Waals surface area (Å²) >= 11 is 0. The Bertz CT molecular complexity index is 1820. The number of hydrogen-bond acceptors (Lipinski definition) is 2. The van der Waals surface area contributed by atoms with Gasteiger partial charge >= 0.3 is 0 Å². The van der Waals surface area contributed by atoms with Gasteiger partial charge in [0.15, 0.2) is 0 Å². The highest BCUT2D eigenvalue weighted by Gasteiger charge is 2.19. The van der Waals surface area contributed by atoms with Crippen molar-refractivity contribution in [2.24, 2.45) is 5.73 Å². The average molecular weight is 531 g/mol. The summed E-state index contributed by atoms with van der Waals surface area (Å²) in [7, 11) is 0. The van der Waals surface area contributed by atoms with Gasteiger partial charge in [-0.25, -0.2) is 0 Å². The smallest absolute Gasteiger partial charge is 0.0817 e. The van der Waals surface area contributed by atoms with Crippen molar-refractivity contribution in [2.75, 3.05) is 0 Å². The second-order valence-corrected chi connectivity index (χ2v) is 10.4. The van der Waals surface area contributed by atoms with Gasteiger partial charge in [-0.05, 0) is 73.5 Å². The van der Waals surface area contributed by atoms with Crippen LogP contribution in [-0.4, -0.2) is 0 Å². The first-order valence-electron chi connectivity index (χ1n) is 14.1. The van der Waals surface area contributed by atoms with E-state index in [0.717, 1.165) is 12.0 Å². The summed E-state index contributed by atoms with van der Waals surface area (Å²) in [5, 5.41) is 8.64. The number of nitrogens with one attached hydrogen (secondary N) is 1. The Hall–Kier alpha value is -4.76. The van der Waals surface area contributed by atoms with Crippen molar-refractivity contribution in [1.29, 1.82) is 0 Å². The molecule has 0 aromatic heterocycles. The van der Waals surface area contributed by atoms with Crippen molar-refractivity contribution in [3.63, 3.8) is 0 Å². The zero-order valence-electron chi connectivity index (χ0n) is 23.1. The van der Waals surface area contributed by atoms with Gasteiger partial charge in [-0.15, -0.1) is 0 Å². The van der Waals surface area contributed by atoms with Crippen LogP contribution in [0.25, 0.3) is 33.2 Å². The third kappa shape index (κ3) is 5.76. The van der Waals surface area contributed by atoms with Crippen molar-refractivity contribution in [2.45, 2.75) is 18.6 Å². The molecule has 2 nitrogen and oxygen atoms in total. The highest BCUT2D eigenvalue weighted by atomic mass is 15.1. The number of rotatable bonds is 9. The minimum absolute atomic E-state index is 0.0686. The van der Waals surface area contributed by atoms with Crippen LogP contribution in [0.4, 0.5) is 0 Å². The molecule has 0 aliphatic heterocycles. The van der Waals surface area contributed by atoms with E-state index in [2.05, 4.69) is 139 Å². The Labute approximate surface area is 242 Å². The molecule has 5 aromatic rings. The standard InChI is InChI=1S/C39H34N2/c1-2-3-4-6-13-28-18-11-20-32-26-34(24-25-35(28)32)39(40)41-38(31-16-7-5-8-17-31)33-23-22-30-19-12-21-36(37(30)27-33)29-14-9-10-15-29/h2-14,16-27,38-39,41H,1,15,40H2/b4-3-,13-6?. The lowest BCUT2D eigenvalue weighted by atomic mass is 9.92. The van der Waals surface area contributed by atoms with Crippen molar-refractivity contribution in [3.05, 3.63) is 180 Å². The number of nitrogens with two attached hydrogens (primary N) is 1. The van der Waals surface area contributed by atoms with Gasteiger partial charge in [0.05, 0.1) is 12.2 Å². The molecule has 6 rings (SSSR count). The normalized spacial score (nSPS) is 14.7. The Balaban J connectivity index is 1.35. The van der Waals surface area contributed by atoms with Crippen molar-refractivity contribution < 1.29 is 0 Å². The summed E-state index contributed by atoms with van der Waals surface area (Å²) in [6.45, 7) is 3.73. The molecule has 0 radical (unpaired) electrons. The average Bonchev–Trinajstić information content (AvgIpc) is 3.56. The molecule has 0 spiro atoms. The van der Waals surface area contributed by atoms with Crippen LogP contribution in [0.2, 0.25) is 0 Å². The third-order valence-corrected chi connectivity index (χ3v) is 7.77. The topological polar surface area (TPSA) is 38.0 Å². The first-order chi connectivity index (χ1) is 20.2. The van der Waals surface area contributed by atoms with E-state index in [4.69, 9.17) is 5.73 Å². The first kappa shape index (κ1) is 26.5. The molecular weight excluding hydrogens is 496 g/mol. The van der Waals surface area contributed by atoms with Gasteiger partial charge in [-0.2, -0.15) is 0 Å². The summed E-state index contributed by atoms with van der Waals surface area (Å²) in [6.07, 6.45) is 17.1. The predicted octanol–water partition coefficient (Wildman–Crippen LogP) is 9.43. The molecule has 2 unspecified atom stereocenters. The minimum Gasteiger partial charge on any atom is -0.312 e. The Morgan fingerprint density at radius 3 is 2.37 bits per heavy atom. The monoisotopic (exact) mass is 530 g/mol. The first-order valence-corrected chi connectivity index (χ1v) is 14.1. The second kappa shape index (κ2) is 12.2. The molecule has 2 heteroatoms. The molecule has 200 valence electrons. The van der Waals surface area contributed by atoms with Gasteiger partial charge in [0.25, 0.3) is 0 Å². The van der Waals surface area contributed by atoms with Crippen LogP contribution < -0.4 is 11.1 Å². The van der Waals surface area contributed by atoms with E-state index in [0.29, 0.717) is 0 Å². The van der Waals surface area contributed by atoms with E-state index >= 15 is 0 Å². The fraction of sp³-hybridized carbons (Fsp3) is 0.0769. The summed E-state index contributed by atoms with van der Waals surface area (Å²) in [5.41, 5.74) is 14.1. The van der Waals surface area contributed by atoms with Crippen LogP contribution >= 0.6 is 0 Å². The molecule has 2 atom stereocenters. The highest BCUT2D eigenvalue weighted by molar-refractivity contribution is 5.95. The summed E-state index contributed by atoms with van der Waals surface area (Å²) in [4.78, 5) is 0. The van der Waals surface area contributed by atoms with Crippen molar-refractivity contribution in [3.8, 4) is 0 Å².